The molecule has 0 saturated heterocycles. The lowest BCUT2D eigenvalue weighted by Crippen LogP contribution is -2.10. The van der Waals surface area contributed by atoms with Gasteiger partial charge in [-0.1, -0.05) is 23.7 Å². The topological polar surface area (TPSA) is 75.6 Å². The zero-order valence-corrected chi connectivity index (χ0v) is 17.0. The fourth-order valence-corrected chi connectivity index (χ4v) is 3.27. The van der Waals surface area contributed by atoms with Gasteiger partial charge in [0.1, 0.15) is 23.9 Å². The highest BCUT2D eigenvalue weighted by Gasteiger charge is 2.30. The number of alkyl halides is 3. The number of aliphatic hydroxyl groups excluding tert-OH is 1. The minimum atomic E-state index is -4.49. The van der Waals surface area contributed by atoms with Gasteiger partial charge in [-0.05, 0) is 54.6 Å². The van der Waals surface area contributed by atoms with Gasteiger partial charge in [0, 0.05) is 16.8 Å². The van der Waals surface area contributed by atoms with Gasteiger partial charge >= 0.3 is 6.18 Å². The Morgan fingerprint density at radius 3 is 2.47 bits per heavy atom. The molecule has 4 aromatic rings. The third-order valence-electron chi connectivity index (χ3n) is 4.61. The minimum Gasteiger partial charge on any atom is -0.459 e. The predicted octanol–water partition coefficient (Wildman–Crippen LogP) is 6.62. The first-order valence-corrected chi connectivity index (χ1v) is 9.71. The largest absolute Gasteiger partial charge is 0.459 e. The molecule has 0 aliphatic carbocycles. The number of aliphatic hydroxyl groups is 1. The van der Waals surface area contributed by atoms with Crippen LogP contribution in [0, 0.1) is 0 Å². The maximum absolute atomic E-state index is 12.9. The van der Waals surface area contributed by atoms with E-state index in [2.05, 4.69) is 5.32 Å². The monoisotopic (exact) mass is 461 g/mol. The number of furan rings is 2. The number of carbonyl (C=O) groups excluding carboxylic acids is 1. The van der Waals surface area contributed by atoms with E-state index < -0.39 is 17.6 Å². The van der Waals surface area contributed by atoms with Crippen LogP contribution in [0.25, 0.3) is 22.6 Å². The third kappa shape index (κ3) is 4.56. The predicted molar refractivity (Wildman–Crippen MR) is 112 cm³/mol. The van der Waals surface area contributed by atoms with Crippen molar-refractivity contribution in [1.82, 2.24) is 0 Å². The Labute approximate surface area is 185 Å². The van der Waals surface area contributed by atoms with E-state index in [0.29, 0.717) is 27.8 Å². The molecule has 2 N–H and O–H groups in total. The highest BCUT2D eigenvalue weighted by molar-refractivity contribution is 6.33. The van der Waals surface area contributed by atoms with Gasteiger partial charge in [-0.3, -0.25) is 4.79 Å². The highest BCUT2D eigenvalue weighted by Crippen LogP contribution is 2.34. The number of rotatable bonds is 5. The van der Waals surface area contributed by atoms with Gasteiger partial charge in [-0.15, -0.1) is 0 Å². The summed E-state index contributed by atoms with van der Waals surface area (Å²) in [5.41, 5.74) is 0.292. The second kappa shape index (κ2) is 8.57. The summed E-state index contributed by atoms with van der Waals surface area (Å²) in [6.45, 7) is -0.263. The van der Waals surface area contributed by atoms with Gasteiger partial charge in [-0.25, -0.2) is 0 Å². The first kappa shape index (κ1) is 21.7. The minimum absolute atomic E-state index is 0.0746. The summed E-state index contributed by atoms with van der Waals surface area (Å²) in [5.74, 6) is 0.245. The second-order valence-electron chi connectivity index (χ2n) is 6.82. The molecule has 5 nitrogen and oxygen atoms in total. The summed E-state index contributed by atoms with van der Waals surface area (Å²) in [6.07, 6.45) is -4.49. The highest BCUT2D eigenvalue weighted by atomic mass is 35.5. The molecule has 1 amide bonds. The Hall–Kier alpha value is -3.49. The fourth-order valence-electron chi connectivity index (χ4n) is 3.06. The lowest BCUT2D eigenvalue weighted by Gasteiger charge is -2.08. The van der Waals surface area contributed by atoms with Gasteiger partial charge in [0.15, 0.2) is 5.76 Å². The molecule has 0 bridgehead atoms. The Morgan fingerprint density at radius 2 is 1.75 bits per heavy atom. The van der Waals surface area contributed by atoms with Crippen molar-refractivity contribution in [2.24, 2.45) is 0 Å². The smallest absolute Gasteiger partial charge is 0.416 e. The zero-order valence-electron chi connectivity index (χ0n) is 16.2. The summed E-state index contributed by atoms with van der Waals surface area (Å²) in [6, 6.07) is 15.4. The number of anilines is 1. The maximum Gasteiger partial charge on any atom is 0.416 e. The molecule has 0 unspecified atom stereocenters. The molecule has 164 valence electrons. The summed E-state index contributed by atoms with van der Waals surface area (Å²) in [5, 5.41) is 12.2. The molecule has 0 spiro atoms. The van der Waals surface area contributed by atoms with Crippen LogP contribution in [0.3, 0.4) is 0 Å². The van der Waals surface area contributed by atoms with E-state index in [-0.39, 0.29) is 23.7 Å². The third-order valence-corrected chi connectivity index (χ3v) is 4.94. The Balaban J connectivity index is 1.55. The molecule has 0 aliphatic heterocycles. The van der Waals surface area contributed by atoms with Crippen molar-refractivity contribution in [3.63, 3.8) is 0 Å². The molecule has 2 heterocycles. The summed E-state index contributed by atoms with van der Waals surface area (Å²) in [4.78, 5) is 12.6. The van der Waals surface area contributed by atoms with Crippen LogP contribution in [0.15, 0.2) is 75.6 Å². The van der Waals surface area contributed by atoms with Gasteiger partial charge in [0.25, 0.3) is 5.91 Å². The summed E-state index contributed by atoms with van der Waals surface area (Å²) >= 11 is 6.22. The van der Waals surface area contributed by atoms with Crippen LogP contribution in [0.2, 0.25) is 5.02 Å². The van der Waals surface area contributed by atoms with E-state index in [1.54, 1.807) is 30.3 Å². The molecule has 0 fully saturated rings. The standard InChI is InChI=1S/C23H15ClF3NO4/c24-18-6-4-15(11-17(18)20-7-5-16(12-29)31-20)28-22(30)21-9-8-19(32-21)13-2-1-3-14(10-13)23(25,26)27/h1-11,29H,12H2,(H,28,30). The Bertz CT molecular complexity index is 1280. The van der Waals surface area contributed by atoms with Crippen molar-refractivity contribution in [3.05, 3.63) is 88.8 Å². The molecular formula is C23H15ClF3NO4. The van der Waals surface area contributed by atoms with E-state index in [1.807, 2.05) is 0 Å². The number of hydrogen-bond acceptors (Lipinski definition) is 4. The lowest BCUT2D eigenvalue weighted by molar-refractivity contribution is -0.137. The normalized spacial score (nSPS) is 11.5. The molecule has 2 aromatic heterocycles. The number of amides is 1. The SMILES string of the molecule is O=C(Nc1ccc(Cl)c(-c2ccc(CO)o2)c1)c1ccc(-c2cccc(C(F)(F)F)c2)o1. The van der Waals surface area contributed by atoms with Crippen LogP contribution in [-0.4, -0.2) is 11.0 Å². The van der Waals surface area contributed by atoms with Gasteiger partial charge in [-0.2, -0.15) is 13.2 Å². The van der Waals surface area contributed by atoms with Crippen LogP contribution < -0.4 is 5.32 Å². The van der Waals surface area contributed by atoms with Crippen molar-refractivity contribution in [2.75, 3.05) is 5.32 Å². The molecule has 9 heteroatoms. The van der Waals surface area contributed by atoms with E-state index in [1.165, 1.54) is 24.3 Å². The molecule has 2 aromatic carbocycles. The molecule has 0 atom stereocenters. The zero-order chi connectivity index (χ0) is 22.9. The van der Waals surface area contributed by atoms with E-state index >= 15 is 0 Å². The molecule has 0 aliphatic rings. The summed E-state index contributed by atoms with van der Waals surface area (Å²) < 4.78 is 49.8. The van der Waals surface area contributed by atoms with Crippen LogP contribution in [0.5, 0.6) is 0 Å². The van der Waals surface area contributed by atoms with Crippen LogP contribution in [-0.2, 0) is 12.8 Å². The van der Waals surface area contributed by atoms with E-state index in [9.17, 15) is 18.0 Å². The maximum atomic E-state index is 12.9. The number of carbonyl (C=O) groups is 1. The van der Waals surface area contributed by atoms with Gasteiger partial charge in [0.2, 0.25) is 0 Å². The van der Waals surface area contributed by atoms with Gasteiger partial charge < -0.3 is 19.3 Å². The van der Waals surface area contributed by atoms with Crippen LogP contribution >= 0.6 is 11.6 Å². The first-order chi connectivity index (χ1) is 15.2. The molecule has 32 heavy (non-hydrogen) atoms. The van der Waals surface area contributed by atoms with Crippen molar-refractivity contribution in [1.29, 1.82) is 0 Å². The molecular weight excluding hydrogens is 447 g/mol. The second-order valence-corrected chi connectivity index (χ2v) is 7.22. The van der Waals surface area contributed by atoms with Crippen molar-refractivity contribution < 1.29 is 31.9 Å². The molecule has 0 saturated carbocycles. The Morgan fingerprint density at radius 1 is 0.969 bits per heavy atom. The quantitative estimate of drug-likeness (QED) is 0.350. The van der Waals surface area contributed by atoms with E-state index in [4.69, 9.17) is 25.5 Å². The van der Waals surface area contributed by atoms with Crippen molar-refractivity contribution >= 4 is 23.2 Å². The molecule has 4 rings (SSSR count). The van der Waals surface area contributed by atoms with Crippen molar-refractivity contribution in [2.45, 2.75) is 12.8 Å². The fraction of sp³-hybridized carbons (Fsp3) is 0.0870. The number of hydrogen-bond donors (Lipinski definition) is 2. The van der Waals surface area contributed by atoms with Crippen molar-refractivity contribution in [3.8, 4) is 22.6 Å². The first-order valence-electron chi connectivity index (χ1n) is 9.33. The number of halogens is 4. The Kier molecular flexibility index (Phi) is 5.82. The number of benzene rings is 2. The average molecular weight is 462 g/mol. The average Bonchev–Trinajstić information content (AvgIpc) is 3.44. The van der Waals surface area contributed by atoms with E-state index in [0.717, 1.165) is 12.1 Å². The summed E-state index contributed by atoms with van der Waals surface area (Å²) in [7, 11) is 0. The number of nitrogens with one attached hydrogen (secondary N) is 1. The van der Waals surface area contributed by atoms with Crippen LogP contribution in [0.1, 0.15) is 21.9 Å². The lowest BCUT2D eigenvalue weighted by atomic mass is 10.1. The molecule has 0 radical (unpaired) electrons. The van der Waals surface area contributed by atoms with Crippen LogP contribution in [0.4, 0.5) is 18.9 Å². The van der Waals surface area contributed by atoms with Gasteiger partial charge in [0.05, 0.1) is 10.6 Å².